The van der Waals surface area contributed by atoms with Crippen molar-refractivity contribution >= 4 is 0 Å². The minimum atomic E-state index is 0.120. The number of fused-ring (bicyclic) bond motifs is 4. The minimum absolute atomic E-state index is 0.120. The predicted molar refractivity (Wildman–Crippen MR) is 124 cm³/mol. The molecule has 2 N–H and O–H groups in total. The second kappa shape index (κ2) is 8.67. The summed E-state index contributed by atoms with van der Waals surface area (Å²) in [7, 11) is 0. The molecule has 0 saturated heterocycles. The van der Waals surface area contributed by atoms with E-state index < -0.39 is 0 Å². The van der Waals surface area contributed by atoms with Crippen LogP contribution in [0.3, 0.4) is 0 Å². The van der Waals surface area contributed by atoms with Crippen LogP contribution in [-0.2, 0) is 25.7 Å². The molecular weight excluding hydrogens is 400 g/mol. The van der Waals surface area contributed by atoms with Gasteiger partial charge in [0, 0.05) is 5.56 Å². The summed E-state index contributed by atoms with van der Waals surface area (Å²) in [6, 6.07) is 26.7. The SMILES string of the molecule is Oc1ccc2cc1Oc1ccc(cc1)CCc1c(O)cccc1Oc1cccc(c1)CC2. The maximum atomic E-state index is 10.5. The van der Waals surface area contributed by atoms with Crippen LogP contribution < -0.4 is 9.47 Å². The van der Waals surface area contributed by atoms with Crippen LogP contribution in [0.5, 0.6) is 34.5 Å². The second-order valence-corrected chi connectivity index (χ2v) is 8.05. The van der Waals surface area contributed by atoms with Gasteiger partial charge in [-0.05, 0) is 90.9 Å². The van der Waals surface area contributed by atoms with Gasteiger partial charge in [0.2, 0.25) is 0 Å². The Kier molecular flexibility index (Phi) is 5.42. The zero-order valence-corrected chi connectivity index (χ0v) is 17.6. The molecule has 0 amide bonds. The number of aromatic hydroxyl groups is 2. The van der Waals surface area contributed by atoms with Gasteiger partial charge in [0.1, 0.15) is 23.0 Å². The van der Waals surface area contributed by atoms with Crippen molar-refractivity contribution in [2.75, 3.05) is 0 Å². The Balaban J connectivity index is 1.54. The van der Waals surface area contributed by atoms with Crippen LogP contribution in [-0.4, -0.2) is 10.2 Å². The summed E-state index contributed by atoms with van der Waals surface area (Å²) >= 11 is 0. The largest absolute Gasteiger partial charge is 0.508 e. The highest BCUT2D eigenvalue weighted by molar-refractivity contribution is 5.48. The fraction of sp³-hybridized carbons (Fsp3) is 0.143. The molecule has 0 radical (unpaired) electrons. The van der Waals surface area contributed by atoms with Gasteiger partial charge in [-0.3, -0.25) is 0 Å². The van der Waals surface area contributed by atoms with Crippen molar-refractivity contribution in [3.63, 3.8) is 0 Å². The van der Waals surface area contributed by atoms with E-state index in [-0.39, 0.29) is 11.5 Å². The number of phenols is 2. The van der Waals surface area contributed by atoms with Gasteiger partial charge in [0.25, 0.3) is 0 Å². The number of rotatable bonds is 0. The molecular formula is C28H24O4. The zero-order chi connectivity index (χ0) is 21.9. The second-order valence-electron chi connectivity index (χ2n) is 8.05. The Morgan fingerprint density at radius 1 is 0.500 bits per heavy atom. The smallest absolute Gasteiger partial charge is 0.169 e. The highest BCUT2D eigenvalue weighted by Gasteiger charge is 2.12. The van der Waals surface area contributed by atoms with E-state index in [0.29, 0.717) is 23.7 Å². The zero-order valence-electron chi connectivity index (χ0n) is 17.6. The summed E-state index contributed by atoms with van der Waals surface area (Å²) in [5.74, 6) is 2.89. The fourth-order valence-corrected chi connectivity index (χ4v) is 4.00. The van der Waals surface area contributed by atoms with Crippen molar-refractivity contribution in [3.8, 4) is 34.5 Å². The first kappa shape index (κ1) is 20.0. The van der Waals surface area contributed by atoms with Crippen LogP contribution in [0.15, 0.2) is 84.9 Å². The van der Waals surface area contributed by atoms with Crippen molar-refractivity contribution < 1.29 is 19.7 Å². The molecule has 0 aliphatic carbocycles. The number of aryl methyl sites for hydroxylation is 3. The van der Waals surface area contributed by atoms with Gasteiger partial charge in [-0.25, -0.2) is 0 Å². The first-order valence-corrected chi connectivity index (χ1v) is 10.8. The van der Waals surface area contributed by atoms with Crippen molar-refractivity contribution in [1.29, 1.82) is 0 Å². The summed E-state index contributed by atoms with van der Waals surface area (Å²) < 4.78 is 12.2. The number of ether oxygens (including phenoxy) is 2. The van der Waals surface area contributed by atoms with E-state index >= 15 is 0 Å². The van der Waals surface area contributed by atoms with Gasteiger partial charge in [0.15, 0.2) is 11.5 Å². The van der Waals surface area contributed by atoms with Gasteiger partial charge in [-0.2, -0.15) is 0 Å². The molecule has 0 aromatic heterocycles. The van der Waals surface area contributed by atoms with Crippen LogP contribution in [0.2, 0.25) is 0 Å². The number of benzene rings is 4. The first-order valence-electron chi connectivity index (χ1n) is 10.8. The fourth-order valence-electron chi connectivity index (χ4n) is 4.00. The maximum Gasteiger partial charge on any atom is 0.169 e. The molecule has 6 bridgehead atoms. The molecule has 0 spiro atoms. The molecule has 0 unspecified atom stereocenters. The Labute approximate surface area is 187 Å². The van der Waals surface area contributed by atoms with Crippen LogP contribution in [0, 0.1) is 0 Å². The Hall–Kier alpha value is -3.92. The molecule has 2 aliphatic heterocycles. The average molecular weight is 424 g/mol. The summed E-state index contributed by atoms with van der Waals surface area (Å²) in [6.45, 7) is 0. The van der Waals surface area contributed by atoms with Crippen molar-refractivity contribution in [2.24, 2.45) is 0 Å². The van der Waals surface area contributed by atoms with E-state index in [1.807, 2.05) is 60.7 Å². The third-order valence-electron chi connectivity index (χ3n) is 5.78. The first-order chi connectivity index (χ1) is 15.6. The molecule has 0 saturated carbocycles. The average Bonchev–Trinajstić information content (AvgIpc) is 2.80. The lowest BCUT2D eigenvalue weighted by Crippen LogP contribution is -1.98. The van der Waals surface area contributed by atoms with Gasteiger partial charge in [-0.1, -0.05) is 36.4 Å². The molecule has 6 rings (SSSR count). The molecule has 32 heavy (non-hydrogen) atoms. The number of hydrogen-bond donors (Lipinski definition) is 2. The summed E-state index contributed by atoms with van der Waals surface area (Å²) in [4.78, 5) is 0. The van der Waals surface area contributed by atoms with Crippen molar-refractivity contribution in [1.82, 2.24) is 0 Å². The van der Waals surface area contributed by atoms with Crippen LogP contribution in [0.4, 0.5) is 0 Å². The lowest BCUT2D eigenvalue weighted by molar-refractivity contribution is 0.410. The normalized spacial score (nSPS) is 13.2. The van der Waals surface area contributed by atoms with Crippen molar-refractivity contribution in [3.05, 3.63) is 107 Å². The predicted octanol–water partition coefficient (Wildman–Crippen LogP) is 6.57. The van der Waals surface area contributed by atoms with E-state index in [4.69, 9.17) is 9.47 Å². The monoisotopic (exact) mass is 424 g/mol. The lowest BCUT2D eigenvalue weighted by Gasteiger charge is -2.15. The highest BCUT2D eigenvalue weighted by Crippen LogP contribution is 2.35. The van der Waals surface area contributed by atoms with Crippen LogP contribution in [0.25, 0.3) is 0 Å². The van der Waals surface area contributed by atoms with E-state index in [1.165, 1.54) is 0 Å². The topological polar surface area (TPSA) is 58.9 Å². The highest BCUT2D eigenvalue weighted by atomic mass is 16.5. The number of hydrogen-bond acceptors (Lipinski definition) is 4. The van der Waals surface area contributed by atoms with E-state index in [9.17, 15) is 10.2 Å². The molecule has 0 atom stereocenters. The molecule has 0 fully saturated rings. The molecule has 160 valence electrons. The van der Waals surface area contributed by atoms with Crippen molar-refractivity contribution in [2.45, 2.75) is 25.7 Å². The maximum absolute atomic E-state index is 10.5. The van der Waals surface area contributed by atoms with E-state index in [0.717, 1.165) is 47.3 Å². The molecule has 4 aromatic rings. The standard InChI is InChI=1S/C28H24O4/c29-25-5-2-6-27-24(25)15-11-19-9-13-22(14-10-19)31-28-18-21(12-16-26(28)30)8-7-20-3-1-4-23(17-20)32-27/h1-6,9-10,12-14,16-18,29-30H,7-8,11,15H2. The van der Waals surface area contributed by atoms with E-state index in [2.05, 4.69) is 6.07 Å². The van der Waals surface area contributed by atoms with Gasteiger partial charge < -0.3 is 19.7 Å². The van der Waals surface area contributed by atoms with Gasteiger partial charge in [0.05, 0.1) is 0 Å². The minimum Gasteiger partial charge on any atom is -0.508 e. The lowest BCUT2D eigenvalue weighted by atomic mass is 10.0. The molecule has 2 aliphatic rings. The number of phenolic OH excluding ortho intramolecular Hbond substituents is 2. The van der Waals surface area contributed by atoms with Gasteiger partial charge in [-0.15, -0.1) is 0 Å². The summed E-state index contributed by atoms with van der Waals surface area (Å²) in [5.41, 5.74) is 4.14. The quantitative estimate of drug-likeness (QED) is 0.335. The van der Waals surface area contributed by atoms with Crippen LogP contribution >= 0.6 is 0 Å². The Morgan fingerprint density at radius 2 is 1.19 bits per heavy atom. The Bertz CT molecular complexity index is 1240. The van der Waals surface area contributed by atoms with Gasteiger partial charge >= 0.3 is 0 Å². The van der Waals surface area contributed by atoms with Crippen LogP contribution in [0.1, 0.15) is 22.3 Å². The summed E-state index contributed by atoms with van der Waals surface area (Å²) in [5, 5.41) is 20.7. The third kappa shape index (κ3) is 4.40. The summed E-state index contributed by atoms with van der Waals surface area (Å²) in [6.07, 6.45) is 3.01. The molecule has 4 nitrogen and oxygen atoms in total. The molecule has 2 heterocycles. The van der Waals surface area contributed by atoms with E-state index in [1.54, 1.807) is 18.2 Å². The third-order valence-corrected chi connectivity index (χ3v) is 5.78. The Morgan fingerprint density at radius 3 is 2.03 bits per heavy atom. The molecule has 4 aromatic carbocycles. The molecule has 4 heteroatoms.